The largest absolute Gasteiger partial charge is 0.464 e. The lowest BCUT2D eigenvalue weighted by Gasteiger charge is -2.12. The van der Waals surface area contributed by atoms with Crippen LogP contribution in [0.2, 0.25) is 0 Å². The van der Waals surface area contributed by atoms with Crippen molar-refractivity contribution in [2.75, 3.05) is 6.61 Å². The van der Waals surface area contributed by atoms with Gasteiger partial charge in [-0.05, 0) is 26.8 Å². The minimum Gasteiger partial charge on any atom is -0.464 e. The second kappa shape index (κ2) is 6.43. The third kappa shape index (κ3) is 3.00. The SMILES string of the molecule is CCOC(=O)[C@H](C)NC(=O)C(=O)c1c(C)[nH]c2ccccc12. The van der Waals surface area contributed by atoms with Crippen LogP contribution in [0.1, 0.15) is 29.9 Å². The number of para-hydroxylation sites is 1. The molecule has 0 aliphatic heterocycles. The van der Waals surface area contributed by atoms with Gasteiger partial charge in [-0.1, -0.05) is 18.2 Å². The van der Waals surface area contributed by atoms with Crippen LogP contribution in [-0.2, 0) is 14.3 Å². The van der Waals surface area contributed by atoms with Crippen LogP contribution >= 0.6 is 0 Å². The number of fused-ring (bicyclic) bond motifs is 1. The highest BCUT2D eigenvalue weighted by Crippen LogP contribution is 2.22. The Morgan fingerprint density at radius 2 is 1.95 bits per heavy atom. The van der Waals surface area contributed by atoms with Gasteiger partial charge in [0.2, 0.25) is 0 Å². The summed E-state index contributed by atoms with van der Waals surface area (Å²) in [5.41, 5.74) is 1.73. The van der Waals surface area contributed by atoms with Crippen molar-refractivity contribution in [1.29, 1.82) is 0 Å². The standard InChI is InChI=1S/C16H18N2O4/c1-4-22-16(21)10(3)18-15(20)14(19)13-9(2)17-12-8-6-5-7-11(12)13/h5-8,10,17H,4H2,1-3H3,(H,18,20)/t10-/m0/s1. The topological polar surface area (TPSA) is 88.3 Å². The number of aromatic nitrogens is 1. The zero-order valence-corrected chi connectivity index (χ0v) is 12.7. The number of rotatable bonds is 5. The fourth-order valence-electron chi connectivity index (χ4n) is 2.27. The van der Waals surface area contributed by atoms with E-state index in [2.05, 4.69) is 10.3 Å². The van der Waals surface area contributed by atoms with Crippen LogP contribution in [-0.4, -0.2) is 35.3 Å². The molecule has 1 amide bonds. The predicted octanol–water partition coefficient (Wildman–Crippen LogP) is 1.73. The Labute approximate surface area is 127 Å². The summed E-state index contributed by atoms with van der Waals surface area (Å²) >= 11 is 0. The Kier molecular flexibility index (Phi) is 4.60. The predicted molar refractivity (Wildman–Crippen MR) is 81.6 cm³/mol. The lowest BCUT2D eigenvalue weighted by molar-refractivity contribution is -0.146. The van der Waals surface area contributed by atoms with Crippen LogP contribution in [0.4, 0.5) is 0 Å². The van der Waals surface area contributed by atoms with E-state index >= 15 is 0 Å². The number of nitrogens with one attached hydrogen (secondary N) is 2. The monoisotopic (exact) mass is 302 g/mol. The first-order chi connectivity index (χ1) is 10.5. The number of H-pyrrole nitrogens is 1. The number of hydrogen-bond acceptors (Lipinski definition) is 4. The Morgan fingerprint density at radius 3 is 2.64 bits per heavy atom. The van der Waals surface area contributed by atoms with Gasteiger partial charge in [-0.3, -0.25) is 9.59 Å². The van der Waals surface area contributed by atoms with Crippen LogP contribution < -0.4 is 5.32 Å². The molecule has 0 saturated carbocycles. The van der Waals surface area contributed by atoms with E-state index in [1.807, 2.05) is 12.1 Å². The molecule has 22 heavy (non-hydrogen) atoms. The summed E-state index contributed by atoms with van der Waals surface area (Å²) in [6, 6.07) is 6.37. The van der Waals surface area contributed by atoms with Crippen LogP contribution in [0.5, 0.6) is 0 Å². The number of Topliss-reactive ketones (excluding diaryl/α,β-unsaturated/α-hetero) is 1. The molecule has 1 heterocycles. The highest BCUT2D eigenvalue weighted by molar-refractivity contribution is 6.45. The van der Waals surface area contributed by atoms with Crippen LogP contribution in [0.15, 0.2) is 24.3 Å². The van der Waals surface area contributed by atoms with Gasteiger partial charge in [0.05, 0.1) is 12.2 Å². The molecule has 2 aromatic rings. The highest BCUT2D eigenvalue weighted by Gasteiger charge is 2.25. The van der Waals surface area contributed by atoms with Crippen molar-refractivity contribution in [1.82, 2.24) is 10.3 Å². The second-order valence-electron chi connectivity index (χ2n) is 4.95. The first-order valence-electron chi connectivity index (χ1n) is 7.04. The molecule has 2 N–H and O–H groups in total. The Balaban J connectivity index is 2.21. The third-order valence-corrected chi connectivity index (χ3v) is 3.31. The van der Waals surface area contributed by atoms with Crippen LogP contribution in [0, 0.1) is 6.92 Å². The minimum atomic E-state index is -0.873. The van der Waals surface area contributed by atoms with Crippen LogP contribution in [0.3, 0.4) is 0 Å². The molecule has 0 bridgehead atoms. The maximum atomic E-state index is 12.4. The van der Waals surface area contributed by atoms with Gasteiger partial charge in [0, 0.05) is 16.6 Å². The number of esters is 1. The molecule has 0 fully saturated rings. The average molecular weight is 302 g/mol. The van der Waals surface area contributed by atoms with Gasteiger partial charge >= 0.3 is 5.97 Å². The smallest absolute Gasteiger partial charge is 0.328 e. The van der Waals surface area contributed by atoms with E-state index in [4.69, 9.17) is 4.74 Å². The van der Waals surface area contributed by atoms with Gasteiger partial charge in [-0.25, -0.2) is 4.79 Å². The zero-order valence-electron chi connectivity index (χ0n) is 12.7. The van der Waals surface area contributed by atoms with E-state index in [-0.39, 0.29) is 6.61 Å². The molecule has 0 unspecified atom stereocenters. The molecule has 2 rings (SSSR count). The minimum absolute atomic E-state index is 0.217. The number of benzene rings is 1. The molecule has 0 spiro atoms. The molecular weight excluding hydrogens is 284 g/mol. The summed E-state index contributed by atoms with van der Waals surface area (Å²) in [5, 5.41) is 3.05. The molecule has 0 aliphatic carbocycles. The molecule has 0 aliphatic rings. The Bertz CT molecular complexity index is 733. The maximum Gasteiger partial charge on any atom is 0.328 e. The number of ketones is 1. The highest BCUT2D eigenvalue weighted by atomic mass is 16.5. The first-order valence-corrected chi connectivity index (χ1v) is 7.04. The summed E-state index contributed by atoms with van der Waals surface area (Å²) in [6.07, 6.45) is 0. The van der Waals surface area contributed by atoms with Gasteiger partial charge in [-0.15, -0.1) is 0 Å². The molecule has 6 nitrogen and oxygen atoms in total. The summed E-state index contributed by atoms with van der Waals surface area (Å²) in [7, 11) is 0. The fourth-order valence-corrected chi connectivity index (χ4v) is 2.27. The number of carbonyl (C=O) groups excluding carboxylic acids is 3. The Morgan fingerprint density at radius 1 is 1.27 bits per heavy atom. The van der Waals surface area contributed by atoms with Crippen molar-refractivity contribution in [2.45, 2.75) is 26.8 Å². The fraction of sp³-hybridized carbons (Fsp3) is 0.312. The normalized spacial score (nSPS) is 12.0. The molecule has 0 radical (unpaired) electrons. The van der Waals surface area contributed by atoms with Gasteiger partial charge in [0.25, 0.3) is 11.7 Å². The van der Waals surface area contributed by atoms with E-state index in [0.717, 1.165) is 5.52 Å². The van der Waals surface area contributed by atoms with Crippen molar-refractivity contribution in [2.24, 2.45) is 0 Å². The number of amides is 1. The van der Waals surface area contributed by atoms with E-state index in [9.17, 15) is 14.4 Å². The molecule has 1 atom stereocenters. The van der Waals surface area contributed by atoms with Crippen molar-refractivity contribution >= 4 is 28.6 Å². The Hall–Kier alpha value is -2.63. The number of aromatic amines is 1. The maximum absolute atomic E-state index is 12.4. The number of hydrogen-bond donors (Lipinski definition) is 2. The number of ether oxygens (including phenoxy) is 1. The average Bonchev–Trinajstić information content (AvgIpc) is 2.82. The van der Waals surface area contributed by atoms with Gasteiger partial charge < -0.3 is 15.0 Å². The second-order valence-corrected chi connectivity index (χ2v) is 4.95. The molecule has 116 valence electrons. The molecule has 6 heteroatoms. The van der Waals surface area contributed by atoms with Gasteiger partial charge in [0.1, 0.15) is 6.04 Å². The van der Waals surface area contributed by atoms with Gasteiger partial charge in [-0.2, -0.15) is 0 Å². The number of aryl methyl sites for hydroxylation is 1. The van der Waals surface area contributed by atoms with E-state index in [0.29, 0.717) is 16.6 Å². The summed E-state index contributed by atoms with van der Waals surface area (Å²) in [6.45, 7) is 5.10. The van der Waals surface area contributed by atoms with E-state index < -0.39 is 23.7 Å². The molecule has 1 aromatic heterocycles. The molecule has 0 saturated heterocycles. The summed E-state index contributed by atoms with van der Waals surface area (Å²) < 4.78 is 4.80. The van der Waals surface area contributed by atoms with Crippen molar-refractivity contribution in [3.63, 3.8) is 0 Å². The van der Waals surface area contributed by atoms with E-state index in [1.54, 1.807) is 26.0 Å². The summed E-state index contributed by atoms with van der Waals surface area (Å²) in [4.78, 5) is 39.0. The van der Waals surface area contributed by atoms with Gasteiger partial charge in [0.15, 0.2) is 0 Å². The third-order valence-electron chi connectivity index (χ3n) is 3.31. The first kappa shape index (κ1) is 15.8. The number of carbonyl (C=O) groups is 3. The van der Waals surface area contributed by atoms with Crippen molar-refractivity contribution < 1.29 is 19.1 Å². The summed E-state index contributed by atoms with van der Waals surface area (Å²) in [5.74, 6) is -2.07. The lowest BCUT2D eigenvalue weighted by Crippen LogP contribution is -2.43. The van der Waals surface area contributed by atoms with Crippen LogP contribution in [0.25, 0.3) is 10.9 Å². The molecular formula is C16H18N2O4. The quantitative estimate of drug-likeness (QED) is 0.500. The zero-order chi connectivity index (χ0) is 16.3. The molecule has 1 aromatic carbocycles. The van der Waals surface area contributed by atoms with Crippen molar-refractivity contribution in [3.8, 4) is 0 Å². The lowest BCUT2D eigenvalue weighted by atomic mass is 10.1. The van der Waals surface area contributed by atoms with E-state index in [1.165, 1.54) is 6.92 Å². The van der Waals surface area contributed by atoms with Crippen molar-refractivity contribution in [3.05, 3.63) is 35.5 Å².